The molecule has 0 radical (unpaired) electrons. The fraction of sp³-hybridized carbons (Fsp3) is 0.143. The van der Waals surface area contributed by atoms with Crippen molar-refractivity contribution in [3.05, 3.63) is 101 Å². The Kier molecular flexibility index (Phi) is 6.78. The van der Waals surface area contributed by atoms with Gasteiger partial charge in [-0.15, -0.1) is 0 Å². The quantitative estimate of drug-likeness (QED) is 0.236. The third-order valence-corrected chi connectivity index (χ3v) is 5.54. The molecule has 0 saturated heterocycles. The molecule has 0 heterocycles. The van der Waals surface area contributed by atoms with Crippen LogP contribution in [0.15, 0.2) is 78.9 Å². The molecule has 0 aliphatic carbocycles. The number of rotatable bonds is 8. The van der Waals surface area contributed by atoms with Crippen LogP contribution in [0.1, 0.15) is 22.3 Å². The van der Waals surface area contributed by atoms with Gasteiger partial charge in [-0.3, -0.25) is 0 Å². The number of hydrogen-bond donors (Lipinski definition) is 5. The van der Waals surface area contributed by atoms with E-state index < -0.39 is 0 Å². The molecule has 0 spiro atoms. The molecule has 4 rings (SSSR count). The summed E-state index contributed by atoms with van der Waals surface area (Å²) in [6, 6.07) is 21.8. The summed E-state index contributed by atoms with van der Waals surface area (Å²) in [6.07, 6.45) is 2.39. The molecule has 0 amide bonds. The van der Waals surface area contributed by atoms with E-state index in [-0.39, 0.29) is 34.5 Å². The van der Waals surface area contributed by atoms with E-state index in [1.54, 1.807) is 42.5 Å². The molecule has 0 bridgehead atoms. The van der Waals surface area contributed by atoms with Gasteiger partial charge in [0.15, 0.2) is 11.5 Å². The van der Waals surface area contributed by atoms with Gasteiger partial charge < -0.3 is 30.3 Å². The highest BCUT2D eigenvalue weighted by Gasteiger charge is 2.12. The summed E-state index contributed by atoms with van der Waals surface area (Å²) in [5.41, 5.74) is 3.36. The molecule has 174 valence electrons. The van der Waals surface area contributed by atoms with Crippen LogP contribution in [0.5, 0.6) is 40.2 Å². The zero-order valence-corrected chi connectivity index (χ0v) is 18.5. The van der Waals surface area contributed by atoms with Crippen LogP contribution in [0.4, 0.5) is 0 Å². The zero-order chi connectivity index (χ0) is 24.1. The Labute approximate surface area is 197 Å². The largest absolute Gasteiger partial charge is 0.508 e. The minimum Gasteiger partial charge on any atom is -0.508 e. The normalized spacial score (nSPS) is 10.8. The van der Waals surface area contributed by atoms with Crippen LogP contribution in [0.3, 0.4) is 0 Å². The van der Waals surface area contributed by atoms with Crippen LogP contribution >= 0.6 is 0 Å². The van der Waals surface area contributed by atoms with E-state index in [0.717, 1.165) is 16.7 Å². The van der Waals surface area contributed by atoms with Crippen molar-refractivity contribution >= 4 is 0 Å². The van der Waals surface area contributed by atoms with E-state index in [1.165, 1.54) is 12.1 Å². The van der Waals surface area contributed by atoms with Crippen molar-refractivity contribution < 1.29 is 30.3 Å². The first-order valence-electron chi connectivity index (χ1n) is 11.0. The van der Waals surface area contributed by atoms with Gasteiger partial charge in [-0.25, -0.2) is 0 Å². The highest BCUT2D eigenvalue weighted by molar-refractivity contribution is 5.51. The van der Waals surface area contributed by atoms with E-state index in [2.05, 4.69) is 0 Å². The second-order valence-electron chi connectivity index (χ2n) is 8.23. The minimum atomic E-state index is -0.167. The molecule has 0 fully saturated rings. The molecule has 4 aromatic rings. The number of phenols is 5. The number of hydrogen-bond acceptors (Lipinski definition) is 6. The molecule has 0 aromatic heterocycles. The van der Waals surface area contributed by atoms with Crippen LogP contribution in [0.25, 0.3) is 0 Å². The molecular weight excluding hydrogens is 432 g/mol. The lowest BCUT2D eigenvalue weighted by Gasteiger charge is -2.13. The molecular formula is C28H26O6. The smallest absolute Gasteiger partial charge is 0.169 e. The predicted octanol–water partition coefficient (Wildman–Crippen LogP) is 5.58. The summed E-state index contributed by atoms with van der Waals surface area (Å²) in [5.74, 6) is 0.823. The van der Waals surface area contributed by atoms with Crippen LogP contribution in [-0.2, 0) is 25.7 Å². The topological polar surface area (TPSA) is 110 Å². The average Bonchev–Trinajstić information content (AvgIpc) is 2.78. The lowest BCUT2D eigenvalue weighted by Crippen LogP contribution is -1.95. The van der Waals surface area contributed by atoms with Crippen LogP contribution in [-0.4, -0.2) is 25.5 Å². The molecule has 34 heavy (non-hydrogen) atoms. The Balaban J connectivity index is 1.46. The SMILES string of the molecule is Oc1cc(O)cc(CCc2cccc(Oc3cc(CCc4cccc(O)c4)c(O)cc3O)c2)c1. The summed E-state index contributed by atoms with van der Waals surface area (Å²) in [5, 5.41) is 49.5. The Morgan fingerprint density at radius 3 is 1.85 bits per heavy atom. The summed E-state index contributed by atoms with van der Waals surface area (Å²) in [4.78, 5) is 0. The maximum Gasteiger partial charge on any atom is 0.169 e. The maximum atomic E-state index is 10.3. The minimum absolute atomic E-state index is 0.0203. The maximum absolute atomic E-state index is 10.3. The number of benzene rings is 4. The van der Waals surface area contributed by atoms with Gasteiger partial charge in [0.25, 0.3) is 0 Å². The third-order valence-electron chi connectivity index (χ3n) is 5.54. The first-order valence-corrected chi connectivity index (χ1v) is 11.0. The van der Waals surface area contributed by atoms with Gasteiger partial charge in [-0.1, -0.05) is 24.3 Å². The summed E-state index contributed by atoms with van der Waals surface area (Å²) in [6.45, 7) is 0. The lowest BCUT2D eigenvalue weighted by molar-refractivity contribution is 0.401. The van der Waals surface area contributed by atoms with Crippen LogP contribution in [0.2, 0.25) is 0 Å². The molecule has 6 nitrogen and oxygen atoms in total. The molecule has 0 unspecified atom stereocenters. The van der Waals surface area contributed by atoms with Crippen molar-refractivity contribution in [2.45, 2.75) is 25.7 Å². The Hall–Kier alpha value is -4.32. The third kappa shape index (κ3) is 5.92. The number of phenolic OH excluding ortho intramolecular Hbond substituents is 5. The van der Waals surface area contributed by atoms with Crippen molar-refractivity contribution in [1.29, 1.82) is 0 Å². The van der Waals surface area contributed by atoms with Crippen molar-refractivity contribution in [2.24, 2.45) is 0 Å². The Morgan fingerprint density at radius 2 is 1.12 bits per heavy atom. The average molecular weight is 459 g/mol. The molecule has 4 aromatic carbocycles. The molecule has 6 heteroatoms. The molecule has 0 atom stereocenters. The first kappa shape index (κ1) is 22.9. The van der Waals surface area contributed by atoms with Crippen molar-refractivity contribution in [2.75, 3.05) is 0 Å². The Morgan fingerprint density at radius 1 is 0.500 bits per heavy atom. The highest BCUT2D eigenvalue weighted by Crippen LogP contribution is 2.37. The van der Waals surface area contributed by atoms with E-state index >= 15 is 0 Å². The van der Waals surface area contributed by atoms with Gasteiger partial charge in [0, 0.05) is 12.1 Å². The monoisotopic (exact) mass is 458 g/mol. The summed E-state index contributed by atoms with van der Waals surface area (Å²) in [7, 11) is 0. The first-order chi connectivity index (χ1) is 16.4. The second-order valence-corrected chi connectivity index (χ2v) is 8.23. The van der Waals surface area contributed by atoms with E-state index in [4.69, 9.17) is 4.74 Å². The highest BCUT2D eigenvalue weighted by atomic mass is 16.5. The van der Waals surface area contributed by atoms with Gasteiger partial charge in [0.2, 0.25) is 0 Å². The van der Waals surface area contributed by atoms with Gasteiger partial charge in [0.05, 0.1) is 0 Å². The number of aryl methyl sites for hydroxylation is 4. The van der Waals surface area contributed by atoms with Gasteiger partial charge in [-0.05, 0) is 90.4 Å². The van der Waals surface area contributed by atoms with E-state index in [9.17, 15) is 25.5 Å². The summed E-state index contributed by atoms with van der Waals surface area (Å²) < 4.78 is 5.93. The summed E-state index contributed by atoms with van der Waals surface area (Å²) >= 11 is 0. The number of ether oxygens (including phenoxy) is 1. The molecule has 5 N–H and O–H groups in total. The van der Waals surface area contributed by atoms with Gasteiger partial charge in [0.1, 0.15) is 28.7 Å². The second kappa shape index (κ2) is 10.1. The standard InChI is InChI=1S/C28H26O6/c29-22-5-1-3-18(11-22)9-10-21-15-28(27(33)17-26(21)32)34-25-6-2-4-19(14-25)7-8-20-12-23(30)16-24(31)13-20/h1-6,11-17,29-33H,7-10H2. The fourth-order valence-corrected chi connectivity index (χ4v) is 3.85. The van der Waals surface area contributed by atoms with Crippen molar-refractivity contribution in [3.63, 3.8) is 0 Å². The van der Waals surface area contributed by atoms with Gasteiger partial charge in [-0.2, -0.15) is 0 Å². The molecule has 0 aliphatic heterocycles. The molecule has 0 aliphatic rings. The van der Waals surface area contributed by atoms with Crippen molar-refractivity contribution in [1.82, 2.24) is 0 Å². The fourth-order valence-electron chi connectivity index (χ4n) is 3.85. The molecule has 0 saturated carbocycles. The van der Waals surface area contributed by atoms with Crippen LogP contribution in [0, 0.1) is 0 Å². The van der Waals surface area contributed by atoms with E-state index in [1.807, 2.05) is 24.3 Å². The van der Waals surface area contributed by atoms with Crippen LogP contribution < -0.4 is 4.74 Å². The van der Waals surface area contributed by atoms with Crippen molar-refractivity contribution in [3.8, 4) is 40.2 Å². The van der Waals surface area contributed by atoms with E-state index in [0.29, 0.717) is 37.0 Å². The zero-order valence-electron chi connectivity index (χ0n) is 18.5. The Bertz CT molecular complexity index is 1280. The van der Waals surface area contributed by atoms with Gasteiger partial charge >= 0.3 is 0 Å². The number of aromatic hydroxyl groups is 5. The lowest BCUT2D eigenvalue weighted by atomic mass is 10.0. The predicted molar refractivity (Wildman–Crippen MR) is 129 cm³/mol.